The summed E-state index contributed by atoms with van der Waals surface area (Å²) in [6.07, 6.45) is 2.99. The van der Waals surface area contributed by atoms with Gasteiger partial charge in [-0.15, -0.1) is 35.3 Å². The van der Waals surface area contributed by atoms with Gasteiger partial charge in [0.25, 0.3) is 0 Å². The molecule has 1 aromatic heterocycles. The van der Waals surface area contributed by atoms with Crippen molar-refractivity contribution in [3.8, 4) is 0 Å². The predicted octanol–water partition coefficient (Wildman–Crippen LogP) is 3.42. The summed E-state index contributed by atoms with van der Waals surface area (Å²) in [5, 5.41) is 7.76. The predicted molar refractivity (Wildman–Crippen MR) is 128 cm³/mol. The summed E-state index contributed by atoms with van der Waals surface area (Å²) in [6, 6.07) is 8.68. The van der Waals surface area contributed by atoms with E-state index in [4.69, 9.17) is 9.73 Å². The van der Waals surface area contributed by atoms with Gasteiger partial charge in [-0.1, -0.05) is 19.1 Å². The Hall–Kier alpha value is -1.39. The van der Waals surface area contributed by atoms with Crippen molar-refractivity contribution in [3.63, 3.8) is 0 Å². The van der Waals surface area contributed by atoms with Gasteiger partial charge in [-0.05, 0) is 31.0 Å². The van der Waals surface area contributed by atoms with E-state index in [9.17, 15) is 0 Å². The van der Waals surface area contributed by atoms with Crippen LogP contribution < -0.4 is 15.5 Å². The molecule has 1 aliphatic heterocycles. The number of ether oxygens (including phenoxy) is 1. The number of hydrogen-bond donors (Lipinski definition) is 2. The Bertz CT molecular complexity index is 728. The highest BCUT2D eigenvalue weighted by molar-refractivity contribution is 14.0. The molecule has 0 atom stereocenters. The van der Waals surface area contributed by atoms with Crippen molar-refractivity contribution in [2.45, 2.75) is 33.4 Å². The highest BCUT2D eigenvalue weighted by Crippen LogP contribution is 2.17. The Labute approximate surface area is 188 Å². The number of morpholine rings is 1. The van der Waals surface area contributed by atoms with E-state index in [0.29, 0.717) is 13.1 Å². The van der Waals surface area contributed by atoms with Crippen LogP contribution in [0.4, 0.5) is 5.69 Å². The first kappa shape index (κ1) is 22.9. The third kappa shape index (κ3) is 6.89. The van der Waals surface area contributed by atoms with E-state index in [2.05, 4.69) is 58.6 Å². The molecule has 0 saturated carbocycles. The molecule has 1 aliphatic rings. The van der Waals surface area contributed by atoms with Gasteiger partial charge in [0.1, 0.15) is 5.01 Å². The van der Waals surface area contributed by atoms with Crippen LogP contribution in [0.5, 0.6) is 0 Å². The minimum absolute atomic E-state index is 0. The zero-order chi connectivity index (χ0) is 18.9. The number of nitrogens with one attached hydrogen (secondary N) is 2. The molecule has 2 N–H and O–H groups in total. The van der Waals surface area contributed by atoms with Crippen LogP contribution in [-0.2, 0) is 24.2 Å². The van der Waals surface area contributed by atoms with Crippen LogP contribution in [0.2, 0.25) is 0 Å². The molecule has 0 amide bonds. The van der Waals surface area contributed by atoms with Crippen molar-refractivity contribution in [2.75, 3.05) is 37.7 Å². The average Bonchev–Trinajstić information content (AvgIpc) is 3.19. The van der Waals surface area contributed by atoms with Gasteiger partial charge in [0.15, 0.2) is 5.96 Å². The smallest absolute Gasteiger partial charge is 0.191 e. The first-order valence-electron chi connectivity index (χ1n) is 9.66. The monoisotopic (exact) mass is 515 g/mol. The summed E-state index contributed by atoms with van der Waals surface area (Å²) in [5.74, 6) is 0.822. The zero-order valence-electron chi connectivity index (χ0n) is 16.6. The summed E-state index contributed by atoms with van der Waals surface area (Å²) >= 11 is 1.75. The Balaban J connectivity index is 0.00000280. The highest BCUT2D eigenvalue weighted by Gasteiger charge is 2.10. The second kappa shape index (κ2) is 12.2. The molecule has 2 aromatic rings. The van der Waals surface area contributed by atoms with E-state index in [-0.39, 0.29) is 24.0 Å². The lowest BCUT2D eigenvalue weighted by atomic mass is 10.2. The van der Waals surface area contributed by atoms with Crippen molar-refractivity contribution >= 4 is 47.0 Å². The summed E-state index contributed by atoms with van der Waals surface area (Å²) in [4.78, 5) is 12.8. The van der Waals surface area contributed by atoms with Gasteiger partial charge >= 0.3 is 0 Å². The maximum absolute atomic E-state index is 5.42. The van der Waals surface area contributed by atoms with E-state index in [1.165, 1.54) is 16.1 Å². The molecular formula is C20H30IN5OS. The van der Waals surface area contributed by atoms with Gasteiger partial charge in [0.2, 0.25) is 0 Å². The van der Waals surface area contributed by atoms with Gasteiger partial charge in [-0.25, -0.2) is 9.98 Å². The molecule has 28 heavy (non-hydrogen) atoms. The Morgan fingerprint density at radius 2 is 1.93 bits per heavy atom. The molecule has 3 rings (SSSR count). The molecule has 154 valence electrons. The van der Waals surface area contributed by atoms with Crippen molar-refractivity contribution in [2.24, 2.45) is 4.99 Å². The highest BCUT2D eigenvalue weighted by atomic mass is 127. The number of aliphatic imine (C=N–C) groups is 1. The van der Waals surface area contributed by atoms with Crippen LogP contribution in [-0.4, -0.2) is 43.8 Å². The zero-order valence-corrected chi connectivity index (χ0v) is 19.8. The van der Waals surface area contributed by atoms with Gasteiger partial charge in [0, 0.05) is 36.4 Å². The van der Waals surface area contributed by atoms with Crippen LogP contribution in [0.3, 0.4) is 0 Å². The number of hydrogen-bond acceptors (Lipinski definition) is 5. The van der Waals surface area contributed by atoms with Crippen molar-refractivity contribution in [1.82, 2.24) is 15.6 Å². The number of benzene rings is 1. The fourth-order valence-electron chi connectivity index (χ4n) is 2.90. The number of aryl methyl sites for hydroxylation is 1. The molecule has 8 heteroatoms. The van der Waals surface area contributed by atoms with Crippen LogP contribution >= 0.6 is 35.3 Å². The van der Waals surface area contributed by atoms with Crippen molar-refractivity contribution in [3.05, 3.63) is 45.9 Å². The normalized spacial score (nSPS) is 14.5. The largest absolute Gasteiger partial charge is 0.378 e. The van der Waals surface area contributed by atoms with Crippen LogP contribution in [0.1, 0.15) is 29.3 Å². The molecule has 2 heterocycles. The molecule has 1 fully saturated rings. The number of aromatic nitrogens is 1. The SMILES string of the molecule is CCNC(=NCc1ccc(N2CCOCC2)cc1)NCc1ncc(CC)s1.I. The molecular weight excluding hydrogens is 485 g/mol. The van der Waals surface area contributed by atoms with Gasteiger partial charge < -0.3 is 20.3 Å². The Morgan fingerprint density at radius 1 is 1.18 bits per heavy atom. The van der Waals surface area contributed by atoms with Crippen molar-refractivity contribution < 1.29 is 4.74 Å². The lowest BCUT2D eigenvalue weighted by Crippen LogP contribution is -2.36. The lowest BCUT2D eigenvalue weighted by Gasteiger charge is -2.28. The summed E-state index contributed by atoms with van der Waals surface area (Å²) in [7, 11) is 0. The summed E-state index contributed by atoms with van der Waals surface area (Å²) in [6.45, 7) is 9.95. The number of nitrogens with zero attached hydrogens (tertiary/aromatic N) is 3. The Morgan fingerprint density at radius 3 is 2.57 bits per heavy atom. The second-order valence-corrected chi connectivity index (χ2v) is 7.59. The van der Waals surface area contributed by atoms with Crippen LogP contribution in [0.25, 0.3) is 0 Å². The van der Waals surface area contributed by atoms with Gasteiger partial charge in [-0.3, -0.25) is 0 Å². The number of rotatable bonds is 7. The number of anilines is 1. The summed E-state index contributed by atoms with van der Waals surface area (Å²) < 4.78 is 5.42. The van der Waals surface area contributed by atoms with Crippen LogP contribution in [0.15, 0.2) is 35.5 Å². The first-order valence-corrected chi connectivity index (χ1v) is 10.5. The van der Waals surface area contributed by atoms with E-state index in [0.717, 1.165) is 50.2 Å². The van der Waals surface area contributed by atoms with E-state index >= 15 is 0 Å². The quantitative estimate of drug-likeness (QED) is 0.336. The standard InChI is InChI=1S/C20H29N5OS.HI/c1-3-18-14-22-19(27-18)15-24-20(21-4-2)23-13-16-5-7-17(8-6-16)25-9-11-26-12-10-25;/h5-8,14H,3-4,9-13,15H2,1-2H3,(H2,21,23,24);1H. The third-order valence-corrected chi connectivity index (χ3v) is 5.58. The lowest BCUT2D eigenvalue weighted by molar-refractivity contribution is 0.122. The maximum Gasteiger partial charge on any atom is 0.191 e. The van der Waals surface area contributed by atoms with E-state index in [1.807, 2.05) is 6.20 Å². The first-order chi connectivity index (χ1) is 13.3. The average molecular weight is 515 g/mol. The molecule has 0 spiro atoms. The van der Waals surface area contributed by atoms with E-state index < -0.39 is 0 Å². The molecule has 0 bridgehead atoms. The minimum Gasteiger partial charge on any atom is -0.378 e. The maximum atomic E-state index is 5.42. The fourth-order valence-corrected chi connectivity index (χ4v) is 3.70. The van der Waals surface area contributed by atoms with Gasteiger partial charge in [-0.2, -0.15) is 0 Å². The van der Waals surface area contributed by atoms with Crippen LogP contribution in [0, 0.1) is 0 Å². The number of guanidine groups is 1. The molecule has 1 saturated heterocycles. The number of thiazole rings is 1. The number of halogens is 1. The Kier molecular flexibility index (Phi) is 10.0. The molecule has 6 nitrogen and oxygen atoms in total. The molecule has 0 unspecified atom stereocenters. The third-order valence-electron chi connectivity index (χ3n) is 4.43. The summed E-state index contributed by atoms with van der Waals surface area (Å²) in [5.41, 5.74) is 2.46. The van der Waals surface area contributed by atoms with Gasteiger partial charge in [0.05, 0.1) is 26.3 Å². The van der Waals surface area contributed by atoms with E-state index in [1.54, 1.807) is 11.3 Å². The second-order valence-electron chi connectivity index (χ2n) is 6.39. The minimum atomic E-state index is 0. The molecule has 1 aromatic carbocycles. The topological polar surface area (TPSA) is 61.8 Å². The van der Waals surface area contributed by atoms with Crippen molar-refractivity contribution in [1.29, 1.82) is 0 Å². The molecule has 0 aliphatic carbocycles. The fraction of sp³-hybridized carbons (Fsp3) is 0.500. The molecule has 0 radical (unpaired) electrons.